The molecule has 100 valence electrons. The van der Waals surface area contributed by atoms with E-state index in [1.54, 1.807) is 0 Å². The summed E-state index contributed by atoms with van der Waals surface area (Å²) < 4.78 is 0. The maximum atomic E-state index is 5.99. The second-order valence-corrected chi connectivity index (χ2v) is 4.67. The van der Waals surface area contributed by atoms with Gasteiger partial charge >= 0.3 is 0 Å². The average Bonchev–Trinajstić information content (AvgIpc) is 2.40. The Morgan fingerprint density at radius 3 is 2.41 bits per heavy atom. The van der Waals surface area contributed by atoms with E-state index >= 15 is 0 Å². The molecule has 1 aliphatic heterocycles. The Labute approximate surface area is 106 Å². The largest absolute Gasteiger partial charge is 0.370 e. The molecule has 2 N–H and O–H groups in total. The molecule has 1 fully saturated rings. The highest BCUT2D eigenvalue weighted by Gasteiger charge is 2.11. The van der Waals surface area contributed by atoms with Crippen LogP contribution in [-0.4, -0.2) is 55.0 Å². The van der Waals surface area contributed by atoms with Crippen LogP contribution in [0.3, 0.4) is 0 Å². The SMILES string of the molecule is CCN(CC)CCCN=C(N)N1CCCCC1. The van der Waals surface area contributed by atoms with Crippen molar-refractivity contribution in [2.75, 3.05) is 39.3 Å². The first-order valence-corrected chi connectivity index (χ1v) is 7.05. The zero-order chi connectivity index (χ0) is 12.5. The number of hydrogen-bond acceptors (Lipinski definition) is 2. The van der Waals surface area contributed by atoms with Gasteiger partial charge in [-0.2, -0.15) is 0 Å². The predicted octanol–water partition coefficient (Wildman–Crippen LogP) is 1.52. The third-order valence-electron chi connectivity index (χ3n) is 3.48. The van der Waals surface area contributed by atoms with Crippen molar-refractivity contribution >= 4 is 5.96 Å². The van der Waals surface area contributed by atoms with Gasteiger partial charge in [0.1, 0.15) is 0 Å². The number of guanidine groups is 1. The molecular formula is C13H28N4. The summed E-state index contributed by atoms with van der Waals surface area (Å²) in [5.74, 6) is 0.754. The Balaban J connectivity index is 2.18. The second-order valence-electron chi connectivity index (χ2n) is 4.67. The van der Waals surface area contributed by atoms with Gasteiger partial charge in [0.2, 0.25) is 0 Å². The molecule has 1 saturated heterocycles. The van der Waals surface area contributed by atoms with E-state index in [9.17, 15) is 0 Å². The van der Waals surface area contributed by atoms with Crippen LogP contribution < -0.4 is 5.73 Å². The summed E-state index contributed by atoms with van der Waals surface area (Å²) >= 11 is 0. The van der Waals surface area contributed by atoms with Crippen LogP contribution in [0, 0.1) is 0 Å². The normalized spacial score (nSPS) is 17.8. The molecule has 1 rings (SSSR count). The Bertz CT molecular complexity index is 217. The molecule has 4 heteroatoms. The van der Waals surface area contributed by atoms with Crippen LogP contribution in [-0.2, 0) is 0 Å². The van der Waals surface area contributed by atoms with Crippen LogP contribution in [0.5, 0.6) is 0 Å². The smallest absolute Gasteiger partial charge is 0.191 e. The third-order valence-corrected chi connectivity index (χ3v) is 3.48. The zero-order valence-corrected chi connectivity index (χ0v) is 11.5. The van der Waals surface area contributed by atoms with E-state index < -0.39 is 0 Å². The van der Waals surface area contributed by atoms with Gasteiger partial charge in [-0.05, 0) is 45.3 Å². The maximum absolute atomic E-state index is 5.99. The third kappa shape index (κ3) is 5.39. The monoisotopic (exact) mass is 240 g/mol. The van der Waals surface area contributed by atoms with Crippen molar-refractivity contribution in [3.8, 4) is 0 Å². The minimum absolute atomic E-state index is 0.754. The Hall–Kier alpha value is -0.770. The number of nitrogens with zero attached hydrogens (tertiary/aromatic N) is 3. The Morgan fingerprint density at radius 1 is 1.18 bits per heavy atom. The molecule has 0 unspecified atom stereocenters. The fourth-order valence-corrected chi connectivity index (χ4v) is 2.25. The van der Waals surface area contributed by atoms with Crippen LogP contribution in [0.4, 0.5) is 0 Å². The average molecular weight is 240 g/mol. The number of rotatable bonds is 6. The molecule has 0 atom stereocenters. The highest BCUT2D eigenvalue weighted by Crippen LogP contribution is 2.07. The van der Waals surface area contributed by atoms with Gasteiger partial charge in [0, 0.05) is 19.6 Å². The summed E-state index contributed by atoms with van der Waals surface area (Å²) in [6, 6.07) is 0. The lowest BCUT2D eigenvalue weighted by molar-refractivity contribution is 0.301. The molecule has 0 aromatic carbocycles. The molecular weight excluding hydrogens is 212 g/mol. The molecule has 0 radical (unpaired) electrons. The van der Waals surface area contributed by atoms with E-state index in [0.717, 1.165) is 51.6 Å². The first-order chi connectivity index (χ1) is 8.27. The zero-order valence-electron chi connectivity index (χ0n) is 11.5. The fraction of sp³-hybridized carbons (Fsp3) is 0.923. The summed E-state index contributed by atoms with van der Waals surface area (Å²) in [6.45, 7) is 10.8. The van der Waals surface area contributed by atoms with Crippen molar-refractivity contribution in [1.82, 2.24) is 9.80 Å². The van der Waals surface area contributed by atoms with Crippen LogP contribution in [0.25, 0.3) is 0 Å². The fourth-order valence-electron chi connectivity index (χ4n) is 2.25. The predicted molar refractivity (Wildman–Crippen MR) is 74.3 cm³/mol. The Morgan fingerprint density at radius 2 is 1.82 bits per heavy atom. The molecule has 0 aromatic heterocycles. The lowest BCUT2D eigenvalue weighted by Gasteiger charge is -2.27. The van der Waals surface area contributed by atoms with E-state index in [1.165, 1.54) is 19.3 Å². The number of nitrogens with two attached hydrogens (primary N) is 1. The lowest BCUT2D eigenvalue weighted by Crippen LogP contribution is -2.41. The summed E-state index contributed by atoms with van der Waals surface area (Å²) in [5.41, 5.74) is 5.99. The molecule has 0 aromatic rings. The molecule has 0 saturated carbocycles. The second kappa shape index (κ2) is 8.34. The van der Waals surface area contributed by atoms with Crippen molar-refractivity contribution in [2.45, 2.75) is 39.5 Å². The van der Waals surface area contributed by atoms with Crippen LogP contribution >= 0.6 is 0 Å². The molecule has 0 amide bonds. The topological polar surface area (TPSA) is 44.9 Å². The van der Waals surface area contributed by atoms with Gasteiger partial charge in [-0.1, -0.05) is 13.8 Å². The van der Waals surface area contributed by atoms with Crippen molar-refractivity contribution < 1.29 is 0 Å². The van der Waals surface area contributed by atoms with Gasteiger partial charge in [-0.25, -0.2) is 0 Å². The van der Waals surface area contributed by atoms with Gasteiger partial charge in [0.05, 0.1) is 0 Å². The standard InChI is InChI=1S/C13H28N4/c1-3-16(4-2)10-8-9-15-13(14)17-11-6-5-7-12-17/h3-12H2,1-2H3,(H2,14,15). The minimum Gasteiger partial charge on any atom is -0.370 e. The number of piperidine rings is 1. The molecule has 0 spiro atoms. The van der Waals surface area contributed by atoms with E-state index in [1.807, 2.05) is 0 Å². The van der Waals surface area contributed by atoms with Gasteiger partial charge in [0.25, 0.3) is 0 Å². The minimum atomic E-state index is 0.754. The summed E-state index contributed by atoms with van der Waals surface area (Å²) in [5, 5.41) is 0. The van der Waals surface area contributed by atoms with Gasteiger partial charge < -0.3 is 15.5 Å². The van der Waals surface area contributed by atoms with Crippen LogP contribution in [0.15, 0.2) is 4.99 Å². The van der Waals surface area contributed by atoms with Crippen molar-refractivity contribution in [2.24, 2.45) is 10.7 Å². The molecule has 17 heavy (non-hydrogen) atoms. The van der Waals surface area contributed by atoms with Crippen LogP contribution in [0.1, 0.15) is 39.5 Å². The summed E-state index contributed by atoms with van der Waals surface area (Å²) in [4.78, 5) is 9.13. The van der Waals surface area contributed by atoms with Gasteiger partial charge in [0.15, 0.2) is 5.96 Å². The number of aliphatic imine (C=N–C) groups is 1. The number of hydrogen-bond donors (Lipinski definition) is 1. The molecule has 4 nitrogen and oxygen atoms in total. The summed E-state index contributed by atoms with van der Waals surface area (Å²) in [7, 11) is 0. The van der Waals surface area contributed by atoms with Crippen molar-refractivity contribution in [3.63, 3.8) is 0 Å². The van der Waals surface area contributed by atoms with Crippen LogP contribution in [0.2, 0.25) is 0 Å². The molecule has 1 aliphatic rings. The molecule has 1 heterocycles. The lowest BCUT2D eigenvalue weighted by atomic mass is 10.1. The van der Waals surface area contributed by atoms with E-state index in [-0.39, 0.29) is 0 Å². The van der Waals surface area contributed by atoms with E-state index in [0.29, 0.717) is 0 Å². The van der Waals surface area contributed by atoms with Gasteiger partial charge in [-0.3, -0.25) is 4.99 Å². The highest BCUT2D eigenvalue weighted by molar-refractivity contribution is 5.78. The summed E-state index contributed by atoms with van der Waals surface area (Å²) in [6.07, 6.45) is 4.97. The van der Waals surface area contributed by atoms with E-state index in [4.69, 9.17) is 5.73 Å². The highest BCUT2D eigenvalue weighted by atomic mass is 15.2. The van der Waals surface area contributed by atoms with Gasteiger partial charge in [-0.15, -0.1) is 0 Å². The van der Waals surface area contributed by atoms with Crippen molar-refractivity contribution in [3.05, 3.63) is 0 Å². The van der Waals surface area contributed by atoms with Crippen molar-refractivity contribution in [1.29, 1.82) is 0 Å². The first-order valence-electron chi connectivity index (χ1n) is 7.05. The Kier molecular flexibility index (Phi) is 7.01. The maximum Gasteiger partial charge on any atom is 0.191 e. The molecule has 0 bridgehead atoms. The number of likely N-dealkylation sites (tertiary alicyclic amines) is 1. The van der Waals surface area contributed by atoms with E-state index in [2.05, 4.69) is 28.6 Å². The quantitative estimate of drug-likeness (QED) is 0.435. The molecule has 0 aliphatic carbocycles. The first kappa shape index (κ1) is 14.3.